The van der Waals surface area contributed by atoms with E-state index in [9.17, 15) is 0 Å². The van der Waals surface area contributed by atoms with Crippen LogP contribution in [0.5, 0.6) is 0 Å². The Kier molecular flexibility index (Phi) is 2.46. The largest absolute Gasteiger partial charge is 0.374 e. The summed E-state index contributed by atoms with van der Waals surface area (Å²) >= 11 is 0. The monoisotopic (exact) mass is 141 g/mol. The minimum Gasteiger partial charge on any atom is -0.374 e. The summed E-state index contributed by atoms with van der Waals surface area (Å²) in [6, 6.07) is 0. The van der Waals surface area contributed by atoms with E-state index in [0.717, 1.165) is 25.1 Å². The Labute approximate surface area is 62.1 Å². The minimum atomic E-state index is 0.227. The molecule has 0 amide bonds. The van der Waals surface area contributed by atoms with Crippen molar-refractivity contribution in [2.45, 2.75) is 19.4 Å². The van der Waals surface area contributed by atoms with Gasteiger partial charge in [-0.05, 0) is 19.9 Å². The highest BCUT2D eigenvalue weighted by atomic mass is 16.5. The van der Waals surface area contributed by atoms with Gasteiger partial charge in [-0.1, -0.05) is 12.2 Å². The zero-order chi connectivity index (χ0) is 7.56. The molecule has 0 aliphatic carbocycles. The maximum absolute atomic E-state index is 5.54. The van der Waals surface area contributed by atoms with E-state index in [4.69, 9.17) is 10.5 Å². The van der Waals surface area contributed by atoms with Gasteiger partial charge in [-0.25, -0.2) is 0 Å². The van der Waals surface area contributed by atoms with Crippen molar-refractivity contribution in [3.05, 3.63) is 12.2 Å². The van der Waals surface area contributed by atoms with Crippen molar-refractivity contribution in [3.63, 3.8) is 0 Å². The number of hydrogen-bond acceptors (Lipinski definition) is 2. The summed E-state index contributed by atoms with van der Waals surface area (Å²) in [6.07, 6.45) is 1.32. The average molecular weight is 141 g/mol. The van der Waals surface area contributed by atoms with Crippen LogP contribution in [0, 0.1) is 5.92 Å². The topological polar surface area (TPSA) is 35.2 Å². The van der Waals surface area contributed by atoms with Gasteiger partial charge >= 0.3 is 0 Å². The SMILES string of the molecule is C=C(C)[C@@H]1OCC[C@@H]1CN. The van der Waals surface area contributed by atoms with Gasteiger partial charge in [0.2, 0.25) is 0 Å². The van der Waals surface area contributed by atoms with Crippen LogP contribution in [0.3, 0.4) is 0 Å². The molecule has 1 rings (SSSR count). The third-order valence-electron chi connectivity index (χ3n) is 2.00. The fourth-order valence-corrected chi connectivity index (χ4v) is 1.42. The van der Waals surface area contributed by atoms with Crippen LogP contribution >= 0.6 is 0 Å². The number of ether oxygens (including phenoxy) is 1. The van der Waals surface area contributed by atoms with Gasteiger partial charge in [0.05, 0.1) is 6.10 Å². The molecule has 1 aliphatic rings. The molecule has 0 unspecified atom stereocenters. The second kappa shape index (κ2) is 3.17. The molecule has 0 saturated carbocycles. The third kappa shape index (κ3) is 1.39. The Morgan fingerprint density at radius 1 is 1.80 bits per heavy atom. The summed E-state index contributed by atoms with van der Waals surface area (Å²) in [7, 11) is 0. The first-order valence-corrected chi connectivity index (χ1v) is 3.72. The highest BCUT2D eigenvalue weighted by Crippen LogP contribution is 2.24. The van der Waals surface area contributed by atoms with Gasteiger partial charge in [0.1, 0.15) is 0 Å². The summed E-state index contributed by atoms with van der Waals surface area (Å²) in [4.78, 5) is 0. The van der Waals surface area contributed by atoms with Crippen molar-refractivity contribution in [1.29, 1.82) is 0 Å². The van der Waals surface area contributed by atoms with Gasteiger partial charge in [-0.15, -0.1) is 0 Å². The number of rotatable bonds is 2. The molecule has 1 fully saturated rings. The van der Waals surface area contributed by atoms with Crippen molar-refractivity contribution in [2.24, 2.45) is 11.7 Å². The molecular weight excluding hydrogens is 126 g/mol. The van der Waals surface area contributed by atoms with Crippen LogP contribution in [-0.2, 0) is 4.74 Å². The molecule has 0 radical (unpaired) electrons. The van der Waals surface area contributed by atoms with Gasteiger partial charge in [-0.2, -0.15) is 0 Å². The van der Waals surface area contributed by atoms with Crippen LogP contribution in [0.15, 0.2) is 12.2 Å². The van der Waals surface area contributed by atoms with Gasteiger partial charge in [-0.3, -0.25) is 0 Å². The lowest BCUT2D eigenvalue weighted by Gasteiger charge is -2.15. The van der Waals surface area contributed by atoms with Crippen molar-refractivity contribution < 1.29 is 4.74 Å². The Morgan fingerprint density at radius 3 is 2.90 bits per heavy atom. The molecule has 1 heterocycles. The highest BCUT2D eigenvalue weighted by Gasteiger charge is 2.26. The van der Waals surface area contributed by atoms with E-state index in [0.29, 0.717) is 5.92 Å². The maximum Gasteiger partial charge on any atom is 0.0820 e. The first-order chi connectivity index (χ1) is 4.75. The van der Waals surface area contributed by atoms with Crippen molar-refractivity contribution in [2.75, 3.05) is 13.2 Å². The van der Waals surface area contributed by atoms with Crippen LogP contribution in [-0.4, -0.2) is 19.3 Å². The van der Waals surface area contributed by atoms with Crippen LogP contribution in [0.2, 0.25) is 0 Å². The predicted molar refractivity (Wildman–Crippen MR) is 41.7 cm³/mol. The Balaban J connectivity index is 2.50. The number of nitrogens with two attached hydrogens (primary N) is 1. The quantitative estimate of drug-likeness (QED) is 0.580. The molecule has 1 aliphatic heterocycles. The highest BCUT2D eigenvalue weighted by molar-refractivity contribution is 5.03. The maximum atomic E-state index is 5.54. The third-order valence-corrected chi connectivity index (χ3v) is 2.00. The Hall–Kier alpha value is -0.340. The van der Waals surface area contributed by atoms with Gasteiger partial charge in [0, 0.05) is 12.5 Å². The van der Waals surface area contributed by atoms with E-state index in [1.807, 2.05) is 6.92 Å². The van der Waals surface area contributed by atoms with Gasteiger partial charge < -0.3 is 10.5 Å². The average Bonchev–Trinajstić information content (AvgIpc) is 2.33. The summed E-state index contributed by atoms with van der Waals surface area (Å²) in [5, 5.41) is 0. The normalized spacial score (nSPS) is 32.6. The molecule has 2 N–H and O–H groups in total. The lowest BCUT2D eigenvalue weighted by Crippen LogP contribution is -2.24. The first-order valence-electron chi connectivity index (χ1n) is 3.72. The van der Waals surface area contributed by atoms with Gasteiger partial charge in [0.15, 0.2) is 0 Å². The van der Waals surface area contributed by atoms with Gasteiger partial charge in [0.25, 0.3) is 0 Å². The number of hydrogen-bond donors (Lipinski definition) is 1. The molecule has 0 aromatic carbocycles. The molecule has 0 aromatic rings. The molecule has 2 heteroatoms. The fourth-order valence-electron chi connectivity index (χ4n) is 1.42. The van der Waals surface area contributed by atoms with Crippen LogP contribution in [0.1, 0.15) is 13.3 Å². The Morgan fingerprint density at radius 2 is 2.50 bits per heavy atom. The zero-order valence-electron chi connectivity index (χ0n) is 6.47. The molecule has 1 saturated heterocycles. The van der Waals surface area contributed by atoms with Crippen LogP contribution in [0.25, 0.3) is 0 Å². The summed E-state index contributed by atoms with van der Waals surface area (Å²) < 4.78 is 5.44. The molecule has 58 valence electrons. The lowest BCUT2D eigenvalue weighted by molar-refractivity contribution is 0.120. The van der Waals surface area contributed by atoms with E-state index in [2.05, 4.69) is 6.58 Å². The first kappa shape index (κ1) is 7.76. The van der Waals surface area contributed by atoms with E-state index in [1.54, 1.807) is 0 Å². The smallest absolute Gasteiger partial charge is 0.0820 e. The molecule has 0 bridgehead atoms. The van der Waals surface area contributed by atoms with Crippen molar-refractivity contribution in [3.8, 4) is 0 Å². The zero-order valence-corrected chi connectivity index (χ0v) is 6.47. The summed E-state index contributed by atoms with van der Waals surface area (Å²) in [5.74, 6) is 0.512. The molecule has 10 heavy (non-hydrogen) atoms. The molecule has 0 spiro atoms. The molecular formula is C8H15NO. The Bertz CT molecular complexity index is 133. The van der Waals surface area contributed by atoms with E-state index >= 15 is 0 Å². The van der Waals surface area contributed by atoms with E-state index < -0.39 is 0 Å². The predicted octanol–water partition coefficient (Wildman–Crippen LogP) is 0.926. The summed E-state index contributed by atoms with van der Waals surface area (Å²) in [5.41, 5.74) is 6.65. The van der Waals surface area contributed by atoms with E-state index in [-0.39, 0.29) is 6.10 Å². The molecule has 2 nitrogen and oxygen atoms in total. The van der Waals surface area contributed by atoms with Crippen LogP contribution < -0.4 is 5.73 Å². The van der Waals surface area contributed by atoms with E-state index in [1.165, 1.54) is 0 Å². The second-order valence-electron chi connectivity index (χ2n) is 2.92. The molecule has 2 atom stereocenters. The fraction of sp³-hybridized carbons (Fsp3) is 0.750. The van der Waals surface area contributed by atoms with Crippen molar-refractivity contribution >= 4 is 0 Å². The minimum absolute atomic E-state index is 0.227. The lowest BCUT2D eigenvalue weighted by atomic mass is 9.97. The standard InChI is InChI=1S/C8H15NO/c1-6(2)8-7(5-9)3-4-10-8/h7-8H,1,3-5,9H2,2H3/t7-,8+/m1/s1. The summed E-state index contributed by atoms with van der Waals surface area (Å²) in [6.45, 7) is 7.42. The second-order valence-corrected chi connectivity index (χ2v) is 2.92. The van der Waals surface area contributed by atoms with Crippen molar-refractivity contribution in [1.82, 2.24) is 0 Å². The van der Waals surface area contributed by atoms with Crippen LogP contribution in [0.4, 0.5) is 0 Å². The molecule has 0 aromatic heterocycles.